The van der Waals surface area contributed by atoms with E-state index < -0.39 is 12.2 Å². The fourth-order valence-electron chi connectivity index (χ4n) is 3.63. The van der Waals surface area contributed by atoms with Crippen LogP contribution in [0, 0.1) is 5.92 Å². The van der Waals surface area contributed by atoms with E-state index in [0.29, 0.717) is 18.0 Å². The summed E-state index contributed by atoms with van der Waals surface area (Å²) in [6, 6.07) is 3.88. The highest BCUT2D eigenvalue weighted by Crippen LogP contribution is 2.44. The molecule has 0 radical (unpaired) electrons. The Kier molecular flexibility index (Phi) is 8.51. The predicted molar refractivity (Wildman–Crippen MR) is 107 cm³/mol. The second-order valence-electron chi connectivity index (χ2n) is 7.09. The first-order valence-electron chi connectivity index (χ1n) is 9.72. The van der Waals surface area contributed by atoms with Gasteiger partial charge in [0.15, 0.2) is 11.5 Å². The molecule has 1 aliphatic rings. The van der Waals surface area contributed by atoms with E-state index >= 15 is 0 Å². The molecule has 0 fully saturated rings. The maximum Gasteiger partial charge on any atom is 0.311 e. The molecule has 0 saturated carbocycles. The summed E-state index contributed by atoms with van der Waals surface area (Å²) in [5.74, 6) is 0.333. The lowest BCUT2D eigenvalue weighted by atomic mass is 9.87. The molecule has 3 unspecified atom stereocenters. The average Bonchev–Trinajstić information content (AvgIpc) is 3.09. The van der Waals surface area contributed by atoms with Gasteiger partial charge in [-0.25, -0.2) is 0 Å². The average molecular weight is 406 g/mol. The Bertz CT molecular complexity index is 737. The van der Waals surface area contributed by atoms with Crippen LogP contribution < -0.4 is 9.47 Å². The Hall–Kier alpha value is -2.54. The van der Waals surface area contributed by atoms with Crippen molar-refractivity contribution < 1.29 is 33.3 Å². The van der Waals surface area contributed by atoms with Gasteiger partial charge in [0.1, 0.15) is 0 Å². The van der Waals surface area contributed by atoms with E-state index in [4.69, 9.17) is 23.7 Å². The van der Waals surface area contributed by atoms with Crippen molar-refractivity contribution in [3.8, 4) is 11.5 Å². The number of esters is 1. The van der Waals surface area contributed by atoms with Gasteiger partial charge >= 0.3 is 5.97 Å². The SMILES string of the molecule is CCOC(=O)C(COC(C=C(C)C)OC=O)C1CCc2cc(OC)c(OC)cc21. The monoisotopic (exact) mass is 406 g/mol. The molecule has 3 atom stereocenters. The molecule has 0 N–H and O–H groups in total. The first kappa shape index (κ1) is 22.7. The number of benzene rings is 1. The molecule has 0 amide bonds. The summed E-state index contributed by atoms with van der Waals surface area (Å²) >= 11 is 0. The molecule has 0 bridgehead atoms. The molecule has 1 aliphatic carbocycles. The molecule has 7 heteroatoms. The topological polar surface area (TPSA) is 80.3 Å². The number of ether oxygens (including phenoxy) is 5. The van der Waals surface area contributed by atoms with E-state index in [-0.39, 0.29) is 25.1 Å². The standard InChI is InChI=1S/C22H30O7/c1-6-27-22(24)18(12-28-21(29-13-23)9-14(2)3)16-8-7-15-10-19(25-4)20(26-5)11-17(15)16/h9-11,13,16,18,21H,6-8,12H2,1-5H3. The normalized spacial score (nSPS) is 16.9. The zero-order chi connectivity index (χ0) is 21.4. The van der Waals surface area contributed by atoms with Gasteiger partial charge in [-0.15, -0.1) is 0 Å². The summed E-state index contributed by atoms with van der Waals surface area (Å²) < 4.78 is 26.9. The molecule has 0 aromatic heterocycles. The van der Waals surface area contributed by atoms with Gasteiger partial charge in [0.2, 0.25) is 6.29 Å². The fourth-order valence-corrected chi connectivity index (χ4v) is 3.63. The lowest BCUT2D eigenvalue weighted by molar-refractivity contribution is -0.163. The Morgan fingerprint density at radius 3 is 2.48 bits per heavy atom. The van der Waals surface area contributed by atoms with Crippen LogP contribution in [0.15, 0.2) is 23.8 Å². The van der Waals surface area contributed by atoms with Crippen molar-refractivity contribution in [2.24, 2.45) is 5.92 Å². The van der Waals surface area contributed by atoms with Crippen molar-refractivity contribution in [2.45, 2.75) is 45.8 Å². The number of allylic oxidation sites excluding steroid dienone is 1. The van der Waals surface area contributed by atoms with Gasteiger partial charge in [-0.05, 0) is 62.9 Å². The smallest absolute Gasteiger partial charge is 0.311 e. The minimum atomic E-state index is -0.847. The summed E-state index contributed by atoms with van der Waals surface area (Å²) in [5, 5.41) is 0. The second-order valence-corrected chi connectivity index (χ2v) is 7.09. The van der Waals surface area contributed by atoms with Gasteiger partial charge in [-0.2, -0.15) is 0 Å². The maximum absolute atomic E-state index is 12.7. The largest absolute Gasteiger partial charge is 0.493 e. The van der Waals surface area contributed by atoms with E-state index in [1.165, 1.54) is 0 Å². The van der Waals surface area contributed by atoms with Crippen molar-refractivity contribution in [2.75, 3.05) is 27.4 Å². The number of carbonyl (C=O) groups excluding carboxylic acids is 2. The highest BCUT2D eigenvalue weighted by Gasteiger charge is 2.37. The zero-order valence-corrected chi connectivity index (χ0v) is 17.7. The lowest BCUT2D eigenvalue weighted by Gasteiger charge is -2.25. The van der Waals surface area contributed by atoms with Crippen molar-refractivity contribution in [1.82, 2.24) is 0 Å². The summed E-state index contributed by atoms with van der Waals surface area (Å²) in [4.78, 5) is 23.5. The summed E-state index contributed by atoms with van der Waals surface area (Å²) in [6.07, 6.45) is 2.44. The third-order valence-corrected chi connectivity index (χ3v) is 4.94. The number of hydrogen-bond donors (Lipinski definition) is 0. The van der Waals surface area contributed by atoms with Crippen LogP contribution in [0.4, 0.5) is 0 Å². The van der Waals surface area contributed by atoms with Gasteiger partial charge in [-0.3, -0.25) is 9.59 Å². The Morgan fingerprint density at radius 1 is 1.21 bits per heavy atom. The molecular formula is C22H30O7. The number of methoxy groups -OCH3 is 2. The number of fused-ring (bicyclic) bond motifs is 1. The van der Waals surface area contributed by atoms with E-state index in [9.17, 15) is 9.59 Å². The van der Waals surface area contributed by atoms with Crippen LogP contribution >= 0.6 is 0 Å². The molecule has 0 heterocycles. The third-order valence-electron chi connectivity index (χ3n) is 4.94. The molecule has 29 heavy (non-hydrogen) atoms. The van der Waals surface area contributed by atoms with Crippen LogP contribution in [0.5, 0.6) is 11.5 Å². The van der Waals surface area contributed by atoms with Crippen molar-refractivity contribution >= 4 is 12.4 Å². The Labute approximate surface area is 171 Å². The predicted octanol–water partition coefficient (Wildman–Crippen LogP) is 3.39. The van der Waals surface area contributed by atoms with E-state index in [2.05, 4.69) is 0 Å². The number of rotatable bonds is 11. The molecular weight excluding hydrogens is 376 g/mol. The highest BCUT2D eigenvalue weighted by atomic mass is 16.7. The molecule has 0 saturated heterocycles. The van der Waals surface area contributed by atoms with Crippen LogP contribution in [0.1, 0.15) is 44.2 Å². The molecule has 2 rings (SSSR count). The Morgan fingerprint density at radius 2 is 1.90 bits per heavy atom. The van der Waals surface area contributed by atoms with Crippen LogP contribution in [0.3, 0.4) is 0 Å². The summed E-state index contributed by atoms with van der Waals surface area (Å²) in [6.45, 7) is 6.21. The quantitative estimate of drug-likeness (QED) is 0.241. The fraction of sp³-hybridized carbons (Fsp3) is 0.545. The van der Waals surface area contributed by atoms with E-state index in [0.717, 1.165) is 29.5 Å². The lowest BCUT2D eigenvalue weighted by Crippen LogP contribution is -2.30. The van der Waals surface area contributed by atoms with Crippen LogP contribution in [0.2, 0.25) is 0 Å². The van der Waals surface area contributed by atoms with Gasteiger partial charge in [0.25, 0.3) is 6.47 Å². The van der Waals surface area contributed by atoms with Crippen molar-refractivity contribution in [3.63, 3.8) is 0 Å². The number of hydrogen-bond acceptors (Lipinski definition) is 7. The molecule has 1 aromatic carbocycles. The van der Waals surface area contributed by atoms with Crippen LogP contribution in [-0.2, 0) is 30.2 Å². The van der Waals surface area contributed by atoms with E-state index in [1.54, 1.807) is 27.2 Å². The molecule has 1 aromatic rings. The molecule has 7 nitrogen and oxygen atoms in total. The van der Waals surface area contributed by atoms with Crippen LogP contribution in [0.25, 0.3) is 0 Å². The minimum absolute atomic E-state index is 0.0690. The first-order valence-corrected chi connectivity index (χ1v) is 9.72. The van der Waals surface area contributed by atoms with Crippen molar-refractivity contribution in [3.05, 3.63) is 34.9 Å². The van der Waals surface area contributed by atoms with Crippen molar-refractivity contribution in [1.29, 1.82) is 0 Å². The van der Waals surface area contributed by atoms with Crippen LogP contribution in [-0.4, -0.2) is 46.2 Å². The third kappa shape index (κ3) is 5.73. The van der Waals surface area contributed by atoms with Gasteiger partial charge < -0.3 is 23.7 Å². The number of aryl methyl sites for hydroxylation is 1. The summed E-state index contributed by atoms with van der Waals surface area (Å²) in [7, 11) is 3.18. The van der Waals surface area contributed by atoms with Gasteiger partial charge in [0, 0.05) is 5.92 Å². The zero-order valence-electron chi connectivity index (χ0n) is 17.7. The first-order chi connectivity index (χ1) is 13.9. The minimum Gasteiger partial charge on any atom is -0.493 e. The Balaban J connectivity index is 2.29. The second kappa shape index (κ2) is 10.9. The highest BCUT2D eigenvalue weighted by molar-refractivity contribution is 5.74. The molecule has 160 valence electrons. The number of carbonyl (C=O) groups is 2. The van der Waals surface area contributed by atoms with Gasteiger partial charge in [-0.1, -0.05) is 5.57 Å². The molecule has 0 spiro atoms. The maximum atomic E-state index is 12.7. The molecule has 0 aliphatic heterocycles. The summed E-state index contributed by atoms with van der Waals surface area (Å²) in [5.41, 5.74) is 3.08. The van der Waals surface area contributed by atoms with Gasteiger partial charge in [0.05, 0.1) is 33.4 Å². The van der Waals surface area contributed by atoms with E-state index in [1.807, 2.05) is 26.0 Å².